The number of benzene rings is 1. The Morgan fingerprint density at radius 1 is 1.17 bits per heavy atom. The fraction of sp³-hybridized carbons (Fsp3) is 0.429. The molecule has 1 saturated carbocycles. The van der Waals surface area contributed by atoms with E-state index in [2.05, 4.69) is 39.7 Å². The maximum atomic E-state index is 4.11. The van der Waals surface area contributed by atoms with Crippen LogP contribution >= 0.6 is 0 Å². The lowest BCUT2D eigenvalue weighted by molar-refractivity contribution is 0.580. The maximum Gasteiger partial charge on any atom is 0.138 e. The molecule has 1 aromatic heterocycles. The van der Waals surface area contributed by atoms with Gasteiger partial charge in [-0.05, 0) is 43.0 Å². The van der Waals surface area contributed by atoms with Crippen LogP contribution < -0.4 is 5.32 Å². The molecule has 1 N–H and O–H groups in total. The first kappa shape index (κ1) is 11.3. The van der Waals surface area contributed by atoms with Crippen LogP contribution in [0.5, 0.6) is 0 Å². The van der Waals surface area contributed by atoms with Crippen LogP contribution in [-0.4, -0.2) is 21.3 Å². The van der Waals surface area contributed by atoms with Gasteiger partial charge in [0.05, 0.1) is 5.69 Å². The number of nitrogens with one attached hydrogen (secondary N) is 1. The lowest BCUT2D eigenvalue weighted by Gasteiger charge is -2.12. The van der Waals surface area contributed by atoms with Gasteiger partial charge >= 0.3 is 0 Å². The fourth-order valence-electron chi connectivity index (χ4n) is 2.55. The zero-order chi connectivity index (χ0) is 12.2. The normalized spacial score (nSPS) is 16.0. The molecule has 0 amide bonds. The Labute approximate surface area is 107 Å². The Bertz CT molecular complexity index is 469. The van der Waals surface area contributed by atoms with Gasteiger partial charge in [0.2, 0.25) is 0 Å². The molecule has 2 aromatic rings. The summed E-state index contributed by atoms with van der Waals surface area (Å²) in [6.07, 6.45) is 8.82. The van der Waals surface area contributed by atoms with Crippen LogP contribution in [0.3, 0.4) is 0 Å². The molecular weight excluding hydrogens is 224 g/mol. The number of hydrogen-bond acceptors (Lipinski definition) is 3. The first-order valence-corrected chi connectivity index (χ1v) is 6.61. The van der Waals surface area contributed by atoms with Crippen molar-refractivity contribution in [2.75, 3.05) is 11.9 Å². The summed E-state index contributed by atoms with van der Waals surface area (Å²) in [6, 6.07) is 8.33. The quantitative estimate of drug-likeness (QED) is 0.896. The molecule has 18 heavy (non-hydrogen) atoms. The highest BCUT2D eigenvalue weighted by Crippen LogP contribution is 2.25. The van der Waals surface area contributed by atoms with E-state index in [0.717, 1.165) is 18.2 Å². The topological polar surface area (TPSA) is 42.7 Å². The largest absolute Gasteiger partial charge is 0.385 e. The summed E-state index contributed by atoms with van der Waals surface area (Å²) in [5, 5.41) is 7.62. The predicted octanol–water partition coefficient (Wildman–Crippen LogP) is 2.87. The molecule has 1 fully saturated rings. The summed E-state index contributed by atoms with van der Waals surface area (Å²) >= 11 is 0. The Morgan fingerprint density at radius 3 is 2.61 bits per heavy atom. The number of aromatic nitrogens is 3. The molecule has 3 rings (SSSR count). The highest BCUT2D eigenvalue weighted by Gasteiger charge is 2.14. The van der Waals surface area contributed by atoms with E-state index in [0.29, 0.717) is 0 Å². The van der Waals surface area contributed by atoms with E-state index >= 15 is 0 Å². The minimum Gasteiger partial charge on any atom is -0.385 e. The molecule has 0 radical (unpaired) electrons. The van der Waals surface area contributed by atoms with Crippen molar-refractivity contribution in [3.05, 3.63) is 36.9 Å². The van der Waals surface area contributed by atoms with Crippen molar-refractivity contribution >= 4 is 5.69 Å². The Kier molecular flexibility index (Phi) is 3.26. The third-order valence-electron chi connectivity index (χ3n) is 3.62. The van der Waals surface area contributed by atoms with Crippen molar-refractivity contribution in [1.82, 2.24) is 14.8 Å². The van der Waals surface area contributed by atoms with Gasteiger partial charge in [0.25, 0.3) is 0 Å². The summed E-state index contributed by atoms with van der Waals surface area (Å²) in [5.74, 6) is 0.861. The lowest BCUT2D eigenvalue weighted by atomic mass is 10.1. The van der Waals surface area contributed by atoms with E-state index in [1.165, 1.54) is 31.4 Å². The molecule has 4 heteroatoms. The summed E-state index contributed by atoms with van der Waals surface area (Å²) in [7, 11) is 0. The van der Waals surface area contributed by atoms with Crippen LogP contribution in [-0.2, 0) is 0 Å². The van der Waals surface area contributed by atoms with Crippen LogP contribution in [0.2, 0.25) is 0 Å². The smallest absolute Gasteiger partial charge is 0.138 e. The van der Waals surface area contributed by atoms with Gasteiger partial charge in [-0.15, -0.1) is 0 Å². The molecule has 1 aliphatic rings. The zero-order valence-electron chi connectivity index (χ0n) is 10.4. The molecule has 4 nitrogen and oxygen atoms in total. The van der Waals surface area contributed by atoms with Crippen molar-refractivity contribution in [3.8, 4) is 5.69 Å². The summed E-state index contributed by atoms with van der Waals surface area (Å²) < 4.78 is 1.76. The first-order valence-electron chi connectivity index (χ1n) is 6.61. The Morgan fingerprint density at radius 2 is 1.94 bits per heavy atom. The van der Waals surface area contributed by atoms with E-state index in [1.54, 1.807) is 17.3 Å². The second kappa shape index (κ2) is 5.21. The van der Waals surface area contributed by atoms with E-state index in [1.807, 2.05) is 0 Å². The minimum absolute atomic E-state index is 0.861. The molecule has 94 valence electrons. The third-order valence-corrected chi connectivity index (χ3v) is 3.62. The monoisotopic (exact) mass is 242 g/mol. The zero-order valence-corrected chi connectivity index (χ0v) is 10.4. The van der Waals surface area contributed by atoms with Gasteiger partial charge in [0, 0.05) is 12.2 Å². The molecule has 0 aliphatic heterocycles. The molecular formula is C14H18N4. The summed E-state index contributed by atoms with van der Waals surface area (Å²) in [6.45, 7) is 1.10. The first-order chi connectivity index (χ1) is 8.92. The molecule has 0 unspecified atom stereocenters. The van der Waals surface area contributed by atoms with Crippen LogP contribution in [0.1, 0.15) is 25.7 Å². The van der Waals surface area contributed by atoms with Crippen LogP contribution in [0.25, 0.3) is 5.69 Å². The Hall–Kier alpha value is -1.84. The Balaban J connectivity index is 1.60. The van der Waals surface area contributed by atoms with Crippen LogP contribution in [0.15, 0.2) is 36.9 Å². The van der Waals surface area contributed by atoms with Gasteiger partial charge in [0.1, 0.15) is 12.7 Å². The van der Waals surface area contributed by atoms with Gasteiger partial charge < -0.3 is 5.32 Å². The summed E-state index contributed by atoms with van der Waals surface area (Å²) in [4.78, 5) is 3.95. The third kappa shape index (κ3) is 2.53. The second-order valence-corrected chi connectivity index (χ2v) is 4.92. The van der Waals surface area contributed by atoms with Gasteiger partial charge in [-0.1, -0.05) is 12.8 Å². The van der Waals surface area contributed by atoms with E-state index in [4.69, 9.17) is 0 Å². The molecule has 0 bridgehead atoms. The molecule has 1 aliphatic carbocycles. The van der Waals surface area contributed by atoms with E-state index in [-0.39, 0.29) is 0 Å². The second-order valence-electron chi connectivity index (χ2n) is 4.92. The standard InChI is InChI=1S/C14H18N4/c1-2-4-12(3-1)9-16-13-5-7-14(8-6-13)18-11-15-10-17-18/h5-8,10-12,16H,1-4,9H2. The molecule has 0 atom stereocenters. The van der Waals surface area contributed by atoms with E-state index < -0.39 is 0 Å². The molecule has 1 heterocycles. The van der Waals surface area contributed by atoms with Gasteiger partial charge in [-0.25, -0.2) is 9.67 Å². The number of rotatable bonds is 4. The van der Waals surface area contributed by atoms with Crippen molar-refractivity contribution in [3.63, 3.8) is 0 Å². The van der Waals surface area contributed by atoms with Crippen molar-refractivity contribution < 1.29 is 0 Å². The minimum atomic E-state index is 0.861. The van der Waals surface area contributed by atoms with Crippen molar-refractivity contribution in [2.24, 2.45) is 5.92 Å². The van der Waals surface area contributed by atoms with Crippen LogP contribution in [0.4, 0.5) is 5.69 Å². The van der Waals surface area contributed by atoms with Crippen LogP contribution in [0, 0.1) is 5.92 Å². The SMILES string of the molecule is c1ncn(-c2ccc(NCC3CCCC3)cc2)n1. The average Bonchev–Trinajstić information content (AvgIpc) is 3.10. The number of anilines is 1. The van der Waals surface area contributed by atoms with Gasteiger partial charge in [0.15, 0.2) is 0 Å². The fourth-order valence-corrected chi connectivity index (χ4v) is 2.55. The van der Waals surface area contributed by atoms with Gasteiger partial charge in [-0.2, -0.15) is 5.10 Å². The van der Waals surface area contributed by atoms with Crippen molar-refractivity contribution in [2.45, 2.75) is 25.7 Å². The van der Waals surface area contributed by atoms with E-state index in [9.17, 15) is 0 Å². The number of nitrogens with zero attached hydrogens (tertiary/aromatic N) is 3. The highest BCUT2D eigenvalue weighted by molar-refractivity contribution is 5.48. The average molecular weight is 242 g/mol. The maximum absolute atomic E-state index is 4.11. The summed E-state index contributed by atoms with van der Waals surface area (Å²) in [5.41, 5.74) is 2.23. The lowest BCUT2D eigenvalue weighted by Crippen LogP contribution is -2.10. The molecule has 0 spiro atoms. The molecule has 1 aromatic carbocycles. The van der Waals surface area contributed by atoms with Gasteiger partial charge in [-0.3, -0.25) is 0 Å². The predicted molar refractivity (Wildman–Crippen MR) is 71.8 cm³/mol. The highest BCUT2D eigenvalue weighted by atomic mass is 15.3. The number of hydrogen-bond donors (Lipinski definition) is 1. The molecule has 0 saturated heterocycles. The van der Waals surface area contributed by atoms with Crippen molar-refractivity contribution in [1.29, 1.82) is 0 Å².